The molecular formula is C13H18ClN3O3. The Hall–Kier alpha value is -1.95. The monoisotopic (exact) mass is 299 g/mol. The van der Waals surface area contributed by atoms with E-state index in [1.165, 1.54) is 0 Å². The Morgan fingerprint density at radius 2 is 2.15 bits per heavy atom. The standard InChI is InChI=1S/C13H18ClN3O3/c1-3-20-11-5-4-9(7-10(11)14)17-13(19)16-8(2)6-12(15)18/h4-5,7-8H,3,6H2,1-2H3,(H2,15,18)(H2,16,17,19)/t8-/m1/s1. The van der Waals surface area contributed by atoms with Crippen molar-refractivity contribution >= 4 is 29.2 Å². The lowest BCUT2D eigenvalue weighted by atomic mass is 10.2. The summed E-state index contributed by atoms with van der Waals surface area (Å²) in [4.78, 5) is 22.4. The summed E-state index contributed by atoms with van der Waals surface area (Å²) in [6, 6.07) is 4.17. The first kappa shape index (κ1) is 16.1. The van der Waals surface area contributed by atoms with Gasteiger partial charge in [0.2, 0.25) is 5.91 Å². The molecule has 0 saturated heterocycles. The quantitative estimate of drug-likeness (QED) is 0.751. The molecule has 6 nitrogen and oxygen atoms in total. The third kappa shape index (κ3) is 5.36. The Morgan fingerprint density at radius 3 is 2.70 bits per heavy atom. The van der Waals surface area contributed by atoms with Crippen molar-refractivity contribution in [1.82, 2.24) is 5.32 Å². The minimum atomic E-state index is -0.470. The number of ether oxygens (including phenoxy) is 1. The first-order valence-electron chi connectivity index (χ1n) is 6.20. The summed E-state index contributed by atoms with van der Waals surface area (Å²) in [6.45, 7) is 4.06. The van der Waals surface area contributed by atoms with Gasteiger partial charge in [-0.3, -0.25) is 4.79 Å². The van der Waals surface area contributed by atoms with Crippen molar-refractivity contribution in [2.45, 2.75) is 26.3 Å². The van der Waals surface area contributed by atoms with Crippen molar-refractivity contribution < 1.29 is 14.3 Å². The average Bonchev–Trinajstić information content (AvgIpc) is 2.31. The molecule has 20 heavy (non-hydrogen) atoms. The highest BCUT2D eigenvalue weighted by Crippen LogP contribution is 2.27. The molecule has 0 aromatic heterocycles. The van der Waals surface area contributed by atoms with Crippen LogP contribution in [0.5, 0.6) is 5.75 Å². The third-order valence-corrected chi connectivity index (χ3v) is 2.67. The van der Waals surface area contributed by atoms with Gasteiger partial charge in [0, 0.05) is 18.2 Å². The lowest BCUT2D eigenvalue weighted by molar-refractivity contribution is -0.118. The van der Waals surface area contributed by atoms with Crippen LogP contribution in [0, 0.1) is 0 Å². The van der Waals surface area contributed by atoms with Gasteiger partial charge in [0.05, 0.1) is 11.6 Å². The van der Waals surface area contributed by atoms with Crippen molar-refractivity contribution in [3.05, 3.63) is 23.2 Å². The van der Waals surface area contributed by atoms with Crippen molar-refractivity contribution in [3.63, 3.8) is 0 Å². The number of hydrogen-bond acceptors (Lipinski definition) is 3. The minimum Gasteiger partial charge on any atom is -0.492 e. The number of carbonyl (C=O) groups is 2. The molecule has 1 aromatic carbocycles. The summed E-state index contributed by atoms with van der Waals surface area (Å²) in [5, 5.41) is 5.62. The fourth-order valence-electron chi connectivity index (χ4n) is 1.59. The van der Waals surface area contributed by atoms with Gasteiger partial charge in [0.15, 0.2) is 0 Å². The van der Waals surface area contributed by atoms with E-state index in [1.54, 1.807) is 25.1 Å². The number of urea groups is 1. The van der Waals surface area contributed by atoms with Crippen molar-refractivity contribution in [1.29, 1.82) is 0 Å². The number of rotatable bonds is 6. The number of nitrogens with one attached hydrogen (secondary N) is 2. The van der Waals surface area contributed by atoms with E-state index in [9.17, 15) is 9.59 Å². The molecule has 0 saturated carbocycles. The Balaban J connectivity index is 2.58. The van der Waals surface area contributed by atoms with Crippen LogP contribution in [0.1, 0.15) is 20.3 Å². The Kier molecular flexibility index (Phi) is 6.11. The Morgan fingerprint density at radius 1 is 1.45 bits per heavy atom. The molecule has 1 aromatic rings. The SMILES string of the molecule is CCOc1ccc(NC(=O)N[C@H](C)CC(N)=O)cc1Cl. The summed E-state index contributed by atoms with van der Waals surface area (Å²) >= 11 is 6.01. The molecule has 0 bridgehead atoms. The van der Waals surface area contributed by atoms with E-state index in [4.69, 9.17) is 22.1 Å². The molecule has 0 heterocycles. The molecule has 0 spiro atoms. The summed E-state index contributed by atoms with van der Waals surface area (Å²) in [7, 11) is 0. The van der Waals surface area contributed by atoms with E-state index < -0.39 is 11.9 Å². The average molecular weight is 300 g/mol. The topological polar surface area (TPSA) is 93.4 Å². The maximum atomic E-state index is 11.7. The van der Waals surface area contributed by atoms with E-state index in [-0.39, 0.29) is 12.5 Å². The zero-order valence-corrected chi connectivity index (χ0v) is 12.2. The van der Waals surface area contributed by atoms with Crippen molar-refractivity contribution in [2.24, 2.45) is 5.73 Å². The summed E-state index contributed by atoms with van der Waals surface area (Å²) in [5.41, 5.74) is 5.57. The van der Waals surface area contributed by atoms with Crippen LogP contribution in [0.25, 0.3) is 0 Å². The number of benzene rings is 1. The number of primary amides is 1. The Labute approximate surface area is 122 Å². The van der Waals surface area contributed by atoms with Gasteiger partial charge in [0.1, 0.15) is 5.75 Å². The van der Waals surface area contributed by atoms with Crippen LogP contribution in [0.4, 0.5) is 10.5 Å². The van der Waals surface area contributed by atoms with E-state index in [2.05, 4.69) is 10.6 Å². The van der Waals surface area contributed by atoms with Crippen LogP contribution in [0.3, 0.4) is 0 Å². The van der Waals surface area contributed by atoms with Crippen LogP contribution in [-0.4, -0.2) is 24.6 Å². The smallest absolute Gasteiger partial charge is 0.319 e. The van der Waals surface area contributed by atoms with Gasteiger partial charge in [-0.25, -0.2) is 4.79 Å². The molecule has 3 amide bonds. The van der Waals surface area contributed by atoms with Crippen LogP contribution in [0.15, 0.2) is 18.2 Å². The first-order valence-corrected chi connectivity index (χ1v) is 6.58. The molecule has 0 unspecified atom stereocenters. The lowest BCUT2D eigenvalue weighted by Gasteiger charge is -2.13. The molecule has 1 rings (SSSR count). The van der Waals surface area contributed by atoms with Gasteiger partial charge >= 0.3 is 6.03 Å². The fourth-order valence-corrected chi connectivity index (χ4v) is 1.83. The molecular weight excluding hydrogens is 282 g/mol. The van der Waals surface area contributed by atoms with Crippen LogP contribution in [-0.2, 0) is 4.79 Å². The van der Waals surface area contributed by atoms with E-state index >= 15 is 0 Å². The van der Waals surface area contributed by atoms with E-state index in [1.807, 2.05) is 6.92 Å². The first-order chi connectivity index (χ1) is 9.42. The molecule has 0 aliphatic heterocycles. The largest absolute Gasteiger partial charge is 0.492 e. The number of hydrogen-bond donors (Lipinski definition) is 3. The number of nitrogens with two attached hydrogens (primary N) is 1. The second kappa shape index (κ2) is 7.59. The second-order valence-corrected chi connectivity index (χ2v) is 4.66. The van der Waals surface area contributed by atoms with Crippen LogP contribution in [0.2, 0.25) is 5.02 Å². The second-order valence-electron chi connectivity index (χ2n) is 4.25. The maximum absolute atomic E-state index is 11.7. The van der Waals surface area contributed by atoms with E-state index in [0.717, 1.165) is 0 Å². The summed E-state index contributed by atoms with van der Waals surface area (Å²) in [5.74, 6) is 0.0872. The van der Waals surface area contributed by atoms with Gasteiger partial charge in [0.25, 0.3) is 0 Å². The number of anilines is 1. The van der Waals surface area contributed by atoms with Crippen LogP contribution >= 0.6 is 11.6 Å². The normalized spacial score (nSPS) is 11.6. The Bertz CT molecular complexity index is 494. The highest BCUT2D eigenvalue weighted by molar-refractivity contribution is 6.32. The van der Waals surface area contributed by atoms with Gasteiger partial charge in [-0.1, -0.05) is 11.6 Å². The molecule has 0 radical (unpaired) electrons. The fraction of sp³-hybridized carbons (Fsp3) is 0.385. The summed E-state index contributed by atoms with van der Waals surface area (Å²) in [6.07, 6.45) is 0.0808. The minimum absolute atomic E-state index is 0.0808. The van der Waals surface area contributed by atoms with Gasteiger partial charge < -0.3 is 21.1 Å². The zero-order chi connectivity index (χ0) is 15.1. The maximum Gasteiger partial charge on any atom is 0.319 e. The zero-order valence-electron chi connectivity index (χ0n) is 11.4. The number of amides is 3. The molecule has 110 valence electrons. The van der Waals surface area contributed by atoms with E-state index in [0.29, 0.717) is 23.1 Å². The van der Waals surface area contributed by atoms with Crippen LogP contribution < -0.4 is 21.1 Å². The molecule has 1 atom stereocenters. The number of halogens is 1. The predicted molar refractivity (Wildman–Crippen MR) is 78.0 cm³/mol. The van der Waals surface area contributed by atoms with Crippen molar-refractivity contribution in [3.8, 4) is 5.75 Å². The highest BCUT2D eigenvalue weighted by atomic mass is 35.5. The molecule has 0 fully saturated rings. The molecule has 7 heteroatoms. The van der Waals surface area contributed by atoms with Gasteiger partial charge in [-0.05, 0) is 32.0 Å². The molecule has 4 N–H and O–H groups in total. The molecule has 0 aliphatic rings. The van der Waals surface area contributed by atoms with Crippen molar-refractivity contribution in [2.75, 3.05) is 11.9 Å². The number of carbonyl (C=O) groups excluding carboxylic acids is 2. The summed E-state index contributed by atoms with van der Waals surface area (Å²) < 4.78 is 5.29. The third-order valence-electron chi connectivity index (χ3n) is 2.37. The highest BCUT2D eigenvalue weighted by Gasteiger charge is 2.10. The van der Waals surface area contributed by atoms with Gasteiger partial charge in [-0.15, -0.1) is 0 Å². The lowest BCUT2D eigenvalue weighted by Crippen LogP contribution is -2.38. The van der Waals surface area contributed by atoms with Gasteiger partial charge in [-0.2, -0.15) is 0 Å². The molecule has 0 aliphatic carbocycles. The predicted octanol–water partition coefficient (Wildman–Crippen LogP) is 2.12.